The fraction of sp³-hybridized carbons (Fsp3) is 0.905. The summed E-state index contributed by atoms with van der Waals surface area (Å²) in [6.07, 6.45) is 12.9. The summed E-state index contributed by atoms with van der Waals surface area (Å²) in [7, 11) is 0. The van der Waals surface area contributed by atoms with Crippen molar-refractivity contribution in [2.24, 2.45) is 17.8 Å². The van der Waals surface area contributed by atoms with E-state index in [1.54, 1.807) is 0 Å². The first-order valence-electron chi connectivity index (χ1n) is 10.7. The summed E-state index contributed by atoms with van der Waals surface area (Å²) in [5.74, 6) is 2.61. The fourth-order valence-electron chi connectivity index (χ4n) is 5.09. The van der Waals surface area contributed by atoms with Gasteiger partial charge in [0.1, 0.15) is 0 Å². The van der Waals surface area contributed by atoms with Gasteiger partial charge in [-0.1, -0.05) is 39.0 Å². The van der Waals surface area contributed by atoms with Crippen LogP contribution in [0.1, 0.15) is 77.6 Å². The molecule has 0 unspecified atom stereocenters. The first kappa shape index (κ1) is 18.7. The zero-order chi connectivity index (χ0) is 17.6. The predicted molar refractivity (Wildman–Crippen MR) is 100 cm³/mol. The van der Waals surface area contributed by atoms with Crippen LogP contribution in [0.15, 0.2) is 0 Å². The van der Waals surface area contributed by atoms with E-state index in [1.807, 2.05) is 9.80 Å². The highest BCUT2D eigenvalue weighted by atomic mass is 16.2. The third kappa shape index (κ3) is 5.46. The predicted octanol–water partition coefficient (Wildman–Crippen LogP) is 3.84. The van der Waals surface area contributed by atoms with Crippen molar-refractivity contribution in [3.8, 4) is 0 Å². The summed E-state index contributed by atoms with van der Waals surface area (Å²) < 4.78 is 0. The van der Waals surface area contributed by atoms with Gasteiger partial charge in [0.15, 0.2) is 0 Å². The van der Waals surface area contributed by atoms with Gasteiger partial charge in [-0.2, -0.15) is 0 Å². The first-order chi connectivity index (χ1) is 12.1. The van der Waals surface area contributed by atoms with Gasteiger partial charge in [-0.3, -0.25) is 9.59 Å². The molecule has 1 aliphatic heterocycles. The van der Waals surface area contributed by atoms with Gasteiger partial charge < -0.3 is 9.80 Å². The Hall–Kier alpha value is -1.06. The highest BCUT2D eigenvalue weighted by Crippen LogP contribution is 2.31. The minimum atomic E-state index is 0.318. The molecule has 142 valence electrons. The van der Waals surface area contributed by atoms with Gasteiger partial charge in [-0.25, -0.2) is 0 Å². The van der Waals surface area contributed by atoms with E-state index in [1.165, 1.54) is 57.8 Å². The fourth-order valence-corrected chi connectivity index (χ4v) is 5.09. The minimum absolute atomic E-state index is 0.318. The first-order valence-corrected chi connectivity index (χ1v) is 10.7. The minimum Gasteiger partial charge on any atom is -0.339 e. The Morgan fingerprint density at radius 3 is 1.80 bits per heavy atom. The Bertz CT molecular complexity index is 451. The molecule has 0 bridgehead atoms. The van der Waals surface area contributed by atoms with Crippen molar-refractivity contribution in [1.29, 1.82) is 0 Å². The maximum absolute atomic E-state index is 12.6. The second-order valence-electron chi connectivity index (χ2n) is 8.81. The lowest BCUT2D eigenvalue weighted by Crippen LogP contribution is -2.51. The van der Waals surface area contributed by atoms with E-state index < -0.39 is 0 Å². The van der Waals surface area contributed by atoms with Crippen molar-refractivity contribution < 1.29 is 9.59 Å². The maximum atomic E-state index is 12.6. The van der Waals surface area contributed by atoms with Gasteiger partial charge in [0.2, 0.25) is 11.8 Å². The molecule has 1 heterocycles. The highest BCUT2D eigenvalue weighted by Gasteiger charge is 2.28. The molecular formula is C21H36N2O2. The Balaban J connectivity index is 1.38. The molecule has 3 aliphatic rings. The van der Waals surface area contributed by atoms with E-state index >= 15 is 0 Å². The van der Waals surface area contributed by atoms with Crippen LogP contribution >= 0.6 is 0 Å². The molecular weight excluding hydrogens is 312 g/mol. The maximum Gasteiger partial charge on any atom is 0.222 e. The summed E-state index contributed by atoms with van der Waals surface area (Å²) >= 11 is 0. The van der Waals surface area contributed by atoms with Crippen LogP contribution in [0.4, 0.5) is 0 Å². The molecule has 0 aromatic heterocycles. The molecule has 0 radical (unpaired) electrons. The summed E-state index contributed by atoms with van der Waals surface area (Å²) in [5.41, 5.74) is 0. The Morgan fingerprint density at radius 2 is 1.24 bits per heavy atom. The molecule has 0 aromatic rings. The van der Waals surface area contributed by atoms with Crippen molar-refractivity contribution in [2.75, 3.05) is 26.2 Å². The van der Waals surface area contributed by atoms with Crippen LogP contribution in [0.5, 0.6) is 0 Å². The number of nitrogens with zero attached hydrogens (tertiary/aromatic N) is 2. The molecule has 0 N–H and O–H groups in total. The van der Waals surface area contributed by atoms with Gasteiger partial charge in [0.05, 0.1) is 0 Å². The number of carbonyl (C=O) groups excluding carboxylic acids is 2. The van der Waals surface area contributed by atoms with E-state index in [-0.39, 0.29) is 0 Å². The largest absolute Gasteiger partial charge is 0.339 e. The molecule has 3 fully saturated rings. The quantitative estimate of drug-likeness (QED) is 0.774. The van der Waals surface area contributed by atoms with Crippen molar-refractivity contribution in [1.82, 2.24) is 9.80 Å². The number of amides is 2. The van der Waals surface area contributed by atoms with Crippen LogP contribution < -0.4 is 0 Å². The lowest BCUT2D eigenvalue weighted by Gasteiger charge is -2.37. The SMILES string of the molecule is C[C@@H]1CCC[C@@H](CC(=O)N2CCN(C(=O)CC3CCCCC3)CC2)C1. The molecule has 1 saturated heterocycles. The zero-order valence-electron chi connectivity index (χ0n) is 16.0. The summed E-state index contributed by atoms with van der Waals surface area (Å²) in [4.78, 5) is 29.1. The van der Waals surface area contributed by atoms with Crippen LogP contribution in [0, 0.1) is 17.8 Å². The molecule has 2 amide bonds. The van der Waals surface area contributed by atoms with Crippen molar-refractivity contribution in [3.05, 3.63) is 0 Å². The van der Waals surface area contributed by atoms with E-state index in [4.69, 9.17) is 0 Å². The monoisotopic (exact) mass is 348 g/mol. The number of piperazine rings is 1. The number of hydrogen-bond donors (Lipinski definition) is 0. The lowest BCUT2D eigenvalue weighted by atomic mass is 9.80. The summed E-state index contributed by atoms with van der Waals surface area (Å²) in [6, 6.07) is 0. The third-order valence-corrected chi connectivity index (χ3v) is 6.68. The second kappa shape index (κ2) is 9.05. The molecule has 2 aliphatic carbocycles. The topological polar surface area (TPSA) is 40.6 Å². The van der Waals surface area contributed by atoms with Gasteiger partial charge in [-0.15, -0.1) is 0 Å². The van der Waals surface area contributed by atoms with E-state index in [0.29, 0.717) is 23.7 Å². The molecule has 0 aromatic carbocycles. The van der Waals surface area contributed by atoms with E-state index in [2.05, 4.69) is 6.92 Å². The van der Waals surface area contributed by atoms with Crippen molar-refractivity contribution >= 4 is 11.8 Å². The average molecular weight is 349 g/mol. The van der Waals surface area contributed by atoms with Crippen molar-refractivity contribution in [2.45, 2.75) is 77.6 Å². The summed E-state index contributed by atoms with van der Waals surface area (Å²) in [5, 5.41) is 0. The molecule has 3 rings (SSSR count). The molecule has 0 spiro atoms. The van der Waals surface area contributed by atoms with Gasteiger partial charge >= 0.3 is 0 Å². The number of rotatable bonds is 4. The highest BCUT2D eigenvalue weighted by molar-refractivity contribution is 5.78. The second-order valence-corrected chi connectivity index (χ2v) is 8.81. The molecule has 4 nitrogen and oxygen atoms in total. The Kier molecular flexibility index (Phi) is 6.77. The van der Waals surface area contributed by atoms with Gasteiger partial charge in [0.25, 0.3) is 0 Å². The third-order valence-electron chi connectivity index (χ3n) is 6.68. The molecule has 25 heavy (non-hydrogen) atoms. The molecule has 2 atom stereocenters. The van der Waals surface area contributed by atoms with Crippen molar-refractivity contribution in [3.63, 3.8) is 0 Å². The zero-order valence-corrected chi connectivity index (χ0v) is 16.0. The standard InChI is InChI=1S/C21H36N2O2/c1-17-6-5-9-19(14-17)16-21(25)23-12-10-22(11-13-23)20(24)15-18-7-3-2-4-8-18/h17-19H,2-16H2,1H3/t17-,19-/m1/s1. The van der Waals surface area contributed by atoms with Crippen LogP contribution in [0.2, 0.25) is 0 Å². The lowest BCUT2D eigenvalue weighted by molar-refractivity contribution is -0.141. The molecule has 4 heteroatoms. The normalized spacial score (nSPS) is 28.8. The van der Waals surface area contributed by atoms with E-state index in [9.17, 15) is 9.59 Å². The number of carbonyl (C=O) groups is 2. The van der Waals surface area contributed by atoms with Crippen LogP contribution in [-0.2, 0) is 9.59 Å². The van der Waals surface area contributed by atoms with Crippen LogP contribution in [-0.4, -0.2) is 47.8 Å². The Morgan fingerprint density at radius 1 is 0.720 bits per heavy atom. The van der Waals surface area contributed by atoms with E-state index in [0.717, 1.165) is 44.9 Å². The van der Waals surface area contributed by atoms with Crippen LogP contribution in [0.25, 0.3) is 0 Å². The van der Waals surface area contributed by atoms with Gasteiger partial charge in [0, 0.05) is 39.0 Å². The number of hydrogen-bond acceptors (Lipinski definition) is 2. The average Bonchev–Trinajstić information content (AvgIpc) is 2.62. The van der Waals surface area contributed by atoms with Crippen LogP contribution in [0.3, 0.4) is 0 Å². The molecule has 2 saturated carbocycles. The Labute approximate surface area is 153 Å². The smallest absolute Gasteiger partial charge is 0.222 e. The van der Waals surface area contributed by atoms with Gasteiger partial charge in [-0.05, 0) is 43.4 Å². The summed E-state index contributed by atoms with van der Waals surface area (Å²) in [6.45, 7) is 5.25.